The number of unbranched alkanes of at least 4 members (excludes halogenated alkanes) is 3. The van der Waals surface area contributed by atoms with Crippen molar-refractivity contribution in [1.82, 2.24) is 0 Å². The molecule has 3 heteroatoms. The van der Waals surface area contributed by atoms with Gasteiger partial charge in [-0.2, -0.15) is 0 Å². The fourth-order valence-electron chi connectivity index (χ4n) is 26.2. The van der Waals surface area contributed by atoms with Crippen LogP contribution in [0.2, 0.25) is 0 Å². The van der Waals surface area contributed by atoms with E-state index in [9.17, 15) is 0 Å². The second-order valence-electron chi connectivity index (χ2n) is 34.7. The van der Waals surface area contributed by atoms with Gasteiger partial charge in [0, 0.05) is 0 Å². The van der Waals surface area contributed by atoms with Crippen molar-refractivity contribution in [2.45, 2.75) is 221 Å². The Bertz CT molecular complexity index is 3470. The van der Waals surface area contributed by atoms with Crippen LogP contribution in [0.1, 0.15) is 210 Å². The van der Waals surface area contributed by atoms with E-state index in [2.05, 4.69) is 180 Å². The van der Waals surface area contributed by atoms with Crippen LogP contribution < -0.4 is 5.46 Å². The van der Waals surface area contributed by atoms with E-state index in [1.807, 2.05) is 0 Å². The van der Waals surface area contributed by atoms with Gasteiger partial charge in [0.05, 0.1) is 11.2 Å². The summed E-state index contributed by atoms with van der Waals surface area (Å²) in [5.41, 5.74) is 19.6. The summed E-state index contributed by atoms with van der Waals surface area (Å²) < 4.78 is 12.9. The molecule has 18 fully saturated rings. The van der Waals surface area contributed by atoms with Gasteiger partial charge in [-0.15, -0.1) is 0 Å². The van der Waals surface area contributed by atoms with Gasteiger partial charge in [-0.3, -0.25) is 0 Å². The topological polar surface area (TPSA) is 18.5 Å². The highest BCUT2D eigenvalue weighted by Crippen LogP contribution is 2.79. The fourth-order valence-corrected chi connectivity index (χ4v) is 26.2. The van der Waals surface area contributed by atoms with Crippen LogP contribution in [-0.2, 0) is 36.4 Å². The molecule has 1 aliphatic heterocycles. The quantitative estimate of drug-likeness (QED) is 0.0799. The van der Waals surface area contributed by atoms with Gasteiger partial charge in [0.1, 0.15) is 0 Å². The molecular weight excluding hydrogens is 1050 g/mol. The molecule has 0 atom stereocenters. The number of benzene rings is 6. The number of rotatable bonds is 14. The highest BCUT2D eigenvalue weighted by Gasteiger charge is 2.72. The molecule has 18 aliphatic rings. The van der Waals surface area contributed by atoms with E-state index in [0.717, 1.165) is 71.0 Å². The minimum absolute atomic E-state index is 0.281. The van der Waals surface area contributed by atoms with Gasteiger partial charge < -0.3 is 9.31 Å². The van der Waals surface area contributed by atoms with Crippen molar-refractivity contribution in [2.75, 3.05) is 0 Å². The zero-order valence-electron chi connectivity index (χ0n) is 53.4. The van der Waals surface area contributed by atoms with E-state index >= 15 is 0 Å². The average Bonchev–Trinajstić information content (AvgIpc) is 1.01. The molecule has 1 saturated heterocycles. The molecule has 17 aliphatic carbocycles. The molecule has 17 saturated carbocycles. The van der Waals surface area contributed by atoms with E-state index in [4.69, 9.17) is 9.31 Å². The molecule has 24 rings (SSSR count). The molecule has 6 aromatic carbocycles. The highest BCUT2D eigenvalue weighted by atomic mass is 16.7. The predicted octanol–water partition coefficient (Wildman–Crippen LogP) is 20.1. The summed E-state index contributed by atoms with van der Waals surface area (Å²) in [5, 5.41) is 0. The summed E-state index contributed by atoms with van der Waals surface area (Å²) in [4.78, 5) is 0. The summed E-state index contributed by atoms with van der Waals surface area (Å²) in [6, 6.07) is 59.6. The van der Waals surface area contributed by atoms with Crippen molar-refractivity contribution < 1.29 is 9.31 Å². The number of hydrogen-bond donors (Lipinski definition) is 0. The van der Waals surface area contributed by atoms with Crippen LogP contribution >= 0.6 is 0 Å². The minimum atomic E-state index is -0.311. The van der Waals surface area contributed by atoms with Crippen molar-refractivity contribution in [2.24, 2.45) is 76.4 Å². The molecule has 0 amide bonds. The number of hydrogen-bond acceptors (Lipinski definition) is 2. The van der Waals surface area contributed by atoms with Crippen molar-refractivity contribution in [1.29, 1.82) is 0 Å². The summed E-state index contributed by atoms with van der Waals surface area (Å²) in [6.07, 6.45) is 32.9. The third kappa shape index (κ3) is 7.78. The highest BCUT2D eigenvalue weighted by molar-refractivity contribution is 6.62. The zero-order valence-corrected chi connectivity index (χ0v) is 53.4. The van der Waals surface area contributed by atoms with Crippen molar-refractivity contribution >= 4 is 12.6 Å². The molecule has 0 unspecified atom stereocenters. The molecule has 0 spiro atoms. The Hall–Kier alpha value is -4.70. The maximum absolute atomic E-state index is 6.46. The average molecular weight is 1150 g/mol. The normalized spacial score (nSPS) is 41.8. The smallest absolute Gasteiger partial charge is 0.399 e. The standard InChI is InChI=1S/C84H97BO2/c1-6-7-8-9-34-79-35-38-80(39-36-79,40-37-79)59-22-14-55(15-23-59)53-10-12-54(13-11-53)56-16-24-60(25-17-56)81-41-65-68-44-82(45-69(65)67(43-81)70(46-82)66(68)42-81)61-26-18-57(19-27-61)58-20-28-62(29-21-58)83-47-71-74-50-84(51-75(71)73(49-83)76(52-84)72(74)48-83)63-30-32-64(33-31-63)85-86-77(2,3)78(4,5)87-85/h10-33,65-76H,6-9,34-52H2,1-5H3. The summed E-state index contributed by atoms with van der Waals surface area (Å²) >= 11 is 0. The van der Waals surface area contributed by atoms with Crippen LogP contribution in [0.15, 0.2) is 146 Å². The minimum Gasteiger partial charge on any atom is -0.399 e. The largest absolute Gasteiger partial charge is 0.494 e. The monoisotopic (exact) mass is 1150 g/mol. The zero-order chi connectivity index (χ0) is 58.1. The Morgan fingerprint density at radius 1 is 0.299 bits per heavy atom. The number of fused-ring (bicyclic) bond motifs is 3. The lowest BCUT2D eigenvalue weighted by Crippen LogP contribution is -2.69. The van der Waals surface area contributed by atoms with Crippen LogP contribution in [0.3, 0.4) is 0 Å². The van der Waals surface area contributed by atoms with Crippen LogP contribution in [0.4, 0.5) is 0 Å². The van der Waals surface area contributed by atoms with E-state index < -0.39 is 0 Å². The molecule has 87 heavy (non-hydrogen) atoms. The van der Waals surface area contributed by atoms with E-state index in [1.165, 1.54) is 187 Å². The maximum Gasteiger partial charge on any atom is 0.494 e. The van der Waals surface area contributed by atoms with Gasteiger partial charge in [-0.05, 0) is 320 Å². The first-order valence-corrected chi connectivity index (χ1v) is 36.2. The van der Waals surface area contributed by atoms with Crippen molar-refractivity contribution in [3.8, 4) is 33.4 Å². The molecule has 0 N–H and O–H groups in total. The van der Waals surface area contributed by atoms with Crippen molar-refractivity contribution in [3.63, 3.8) is 0 Å². The lowest BCUT2D eigenvalue weighted by atomic mass is 9.29. The maximum atomic E-state index is 6.46. The molecule has 18 bridgehead atoms. The molecule has 1 heterocycles. The second-order valence-corrected chi connectivity index (χ2v) is 34.7. The van der Waals surface area contributed by atoms with E-state index in [0.29, 0.717) is 32.5 Å². The third-order valence-corrected chi connectivity index (χ3v) is 31.0. The van der Waals surface area contributed by atoms with Crippen LogP contribution in [0, 0.1) is 76.4 Å². The SMILES string of the molecule is CCCCCCC12CCC(c3ccc(-c4ccc(-c5ccc(C67CC8C9CC%10(c%11ccc(-c%12ccc(C%13%14CC%15C%16CC%17(c%18ccc(B%19OC(C)(C)C(C)(C)O%19)cc%18)CC%15C(C%13)C(C%17)C%16C%14)cc%12)cc%11)CC8C(C6)C(C%10)C9C7)cc5)cc4)cc3)(CC1)CC2. The van der Waals surface area contributed by atoms with Gasteiger partial charge in [0.2, 0.25) is 0 Å². The molecule has 6 aromatic rings. The van der Waals surface area contributed by atoms with Gasteiger partial charge in [0.25, 0.3) is 0 Å². The predicted molar refractivity (Wildman–Crippen MR) is 356 cm³/mol. The summed E-state index contributed by atoms with van der Waals surface area (Å²) in [6.45, 7) is 11.0. The van der Waals surface area contributed by atoms with Crippen molar-refractivity contribution in [3.05, 3.63) is 173 Å². The molecule has 0 radical (unpaired) electrons. The van der Waals surface area contributed by atoms with E-state index in [-0.39, 0.29) is 18.3 Å². The van der Waals surface area contributed by atoms with Gasteiger partial charge in [-0.1, -0.05) is 178 Å². The first-order valence-electron chi connectivity index (χ1n) is 36.2. The fraction of sp³-hybridized carbons (Fsp3) is 0.571. The Morgan fingerprint density at radius 3 is 0.805 bits per heavy atom. The first kappa shape index (κ1) is 54.1. The Kier molecular flexibility index (Phi) is 11.6. The second kappa shape index (κ2) is 18.7. The van der Waals surface area contributed by atoms with Gasteiger partial charge in [0.15, 0.2) is 0 Å². The summed E-state index contributed by atoms with van der Waals surface area (Å²) in [7, 11) is -0.281. The lowest BCUT2D eigenvalue weighted by molar-refractivity contribution is -0.221. The molecular formula is C84H97BO2. The van der Waals surface area contributed by atoms with Crippen LogP contribution in [0.25, 0.3) is 33.4 Å². The Morgan fingerprint density at radius 2 is 0.540 bits per heavy atom. The summed E-state index contributed by atoms with van der Waals surface area (Å²) in [5.74, 6) is 11.0. The molecule has 2 nitrogen and oxygen atoms in total. The van der Waals surface area contributed by atoms with Crippen LogP contribution in [-0.4, -0.2) is 18.3 Å². The van der Waals surface area contributed by atoms with Gasteiger partial charge in [-0.25, -0.2) is 0 Å². The molecule has 448 valence electrons. The molecule has 0 aromatic heterocycles. The Labute approximate surface area is 522 Å². The van der Waals surface area contributed by atoms with Crippen LogP contribution in [0.5, 0.6) is 0 Å². The van der Waals surface area contributed by atoms with Gasteiger partial charge >= 0.3 is 7.12 Å². The third-order valence-electron chi connectivity index (χ3n) is 31.0. The first-order chi connectivity index (χ1) is 42.2. The van der Waals surface area contributed by atoms with E-state index in [1.54, 1.807) is 27.8 Å². The lowest BCUT2D eigenvalue weighted by Gasteiger charge is -2.75. The Balaban J connectivity index is 0.487.